The number of rotatable bonds is 4. The van der Waals surface area contributed by atoms with Gasteiger partial charge in [0.1, 0.15) is 36.6 Å². The highest BCUT2D eigenvalue weighted by Crippen LogP contribution is 2.28. The molecule has 0 saturated carbocycles. The summed E-state index contributed by atoms with van der Waals surface area (Å²) in [6.07, 6.45) is -3.83. The van der Waals surface area contributed by atoms with Gasteiger partial charge in [-0.05, 0) is 30.3 Å². The Morgan fingerprint density at radius 2 is 1.96 bits per heavy atom. The molecule has 0 amide bonds. The van der Waals surface area contributed by atoms with Gasteiger partial charge < -0.3 is 25.4 Å². The summed E-state index contributed by atoms with van der Waals surface area (Å²) in [7, 11) is 0. The van der Waals surface area contributed by atoms with Gasteiger partial charge in [0.25, 0.3) is 0 Å². The lowest BCUT2D eigenvalue weighted by Gasteiger charge is -2.16. The number of benzene rings is 1. The third-order valence-corrected chi connectivity index (χ3v) is 3.92. The molecule has 4 atom stereocenters. The predicted octanol–water partition coefficient (Wildman–Crippen LogP) is -0.559. The van der Waals surface area contributed by atoms with Gasteiger partial charge in [-0.3, -0.25) is 4.57 Å². The average molecular weight is 365 g/mol. The fourth-order valence-corrected chi connectivity index (χ4v) is 2.54. The molecule has 2 heterocycles. The topological polar surface area (TPSA) is 137 Å². The molecule has 2 aromatic rings. The van der Waals surface area contributed by atoms with E-state index in [9.17, 15) is 24.2 Å². The van der Waals surface area contributed by atoms with Gasteiger partial charge in [0, 0.05) is 6.20 Å². The summed E-state index contributed by atoms with van der Waals surface area (Å²) in [4.78, 5) is 27.3. The first-order valence-electron chi connectivity index (χ1n) is 7.66. The van der Waals surface area contributed by atoms with E-state index in [4.69, 9.17) is 15.2 Å². The Kier molecular flexibility index (Phi) is 4.98. The van der Waals surface area contributed by atoms with E-state index in [1.165, 1.54) is 24.4 Å². The largest absolute Gasteiger partial charge is 0.459 e. The van der Waals surface area contributed by atoms with Gasteiger partial charge in [-0.1, -0.05) is 0 Å². The molecule has 138 valence electrons. The monoisotopic (exact) mass is 365 g/mol. The van der Waals surface area contributed by atoms with Gasteiger partial charge >= 0.3 is 11.7 Å². The van der Waals surface area contributed by atoms with E-state index in [0.717, 1.165) is 16.7 Å². The van der Waals surface area contributed by atoms with Crippen LogP contribution in [0.15, 0.2) is 41.3 Å². The number of nitrogens with zero attached hydrogens (tertiary/aromatic N) is 2. The quantitative estimate of drug-likeness (QED) is 0.613. The van der Waals surface area contributed by atoms with Crippen LogP contribution in [0.4, 0.5) is 10.2 Å². The van der Waals surface area contributed by atoms with Crippen molar-refractivity contribution in [2.24, 2.45) is 0 Å². The van der Waals surface area contributed by atoms with E-state index < -0.39 is 42.0 Å². The molecular formula is C16H16FN3O6. The molecule has 10 heteroatoms. The summed E-state index contributed by atoms with van der Waals surface area (Å²) in [5.41, 5.74) is 4.76. The Balaban J connectivity index is 1.67. The van der Waals surface area contributed by atoms with Crippen molar-refractivity contribution in [3.8, 4) is 0 Å². The zero-order valence-corrected chi connectivity index (χ0v) is 13.4. The van der Waals surface area contributed by atoms with E-state index >= 15 is 0 Å². The number of aliphatic hydroxyl groups is 2. The van der Waals surface area contributed by atoms with Crippen molar-refractivity contribution >= 4 is 11.8 Å². The Labute approximate surface area is 146 Å². The van der Waals surface area contributed by atoms with Crippen molar-refractivity contribution in [2.45, 2.75) is 24.5 Å². The molecule has 0 bridgehead atoms. The van der Waals surface area contributed by atoms with Crippen LogP contribution in [0.5, 0.6) is 0 Å². The average Bonchev–Trinajstić information content (AvgIpc) is 2.88. The van der Waals surface area contributed by atoms with Crippen LogP contribution in [0.25, 0.3) is 0 Å². The van der Waals surface area contributed by atoms with Crippen molar-refractivity contribution < 1.29 is 28.9 Å². The lowest BCUT2D eigenvalue weighted by molar-refractivity contribution is -0.0598. The maximum atomic E-state index is 12.9. The highest BCUT2D eigenvalue weighted by molar-refractivity contribution is 5.89. The standard InChI is InChI=1S/C16H16FN3O6/c17-9-3-1-8(2-4-9)15(23)25-7-10-12(21)13(22)14(26-10)20-6-5-11(18)19-16(20)24/h1-6,10,12-14,21-22H,7H2,(H2,18,19,24)/t10-,12-,13-,14-/m1/s1. The minimum atomic E-state index is -1.44. The summed E-state index contributed by atoms with van der Waals surface area (Å²) in [5.74, 6) is -1.24. The third-order valence-electron chi connectivity index (χ3n) is 3.92. The Morgan fingerprint density at radius 3 is 2.62 bits per heavy atom. The second-order valence-electron chi connectivity index (χ2n) is 5.69. The van der Waals surface area contributed by atoms with Crippen LogP contribution in [0.2, 0.25) is 0 Å². The zero-order valence-electron chi connectivity index (χ0n) is 13.4. The van der Waals surface area contributed by atoms with Crippen LogP contribution in [0, 0.1) is 5.82 Å². The SMILES string of the molecule is Nc1ccn([C@@H]2O[C@H](COC(=O)c3ccc(F)cc3)[C@@H](O)[C@H]2O)c(=O)n1. The molecule has 0 unspecified atom stereocenters. The number of esters is 1. The van der Waals surface area contributed by atoms with Crippen LogP contribution in [0.1, 0.15) is 16.6 Å². The summed E-state index contributed by atoms with van der Waals surface area (Å²) >= 11 is 0. The van der Waals surface area contributed by atoms with Gasteiger partial charge in [0.15, 0.2) is 6.23 Å². The minimum Gasteiger partial charge on any atom is -0.459 e. The van der Waals surface area contributed by atoms with E-state index in [2.05, 4.69) is 4.98 Å². The Morgan fingerprint density at radius 1 is 1.27 bits per heavy atom. The van der Waals surface area contributed by atoms with Gasteiger partial charge in [-0.2, -0.15) is 4.98 Å². The van der Waals surface area contributed by atoms with Crippen molar-refractivity contribution in [1.82, 2.24) is 9.55 Å². The van der Waals surface area contributed by atoms with Gasteiger partial charge in [-0.25, -0.2) is 14.0 Å². The number of aromatic nitrogens is 2. The van der Waals surface area contributed by atoms with E-state index in [-0.39, 0.29) is 18.0 Å². The number of ether oxygens (including phenoxy) is 2. The van der Waals surface area contributed by atoms with Gasteiger partial charge in [0.2, 0.25) is 0 Å². The number of anilines is 1. The molecule has 3 rings (SSSR count). The molecule has 1 aromatic carbocycles. The second kappa shape index (κ2) is 7.20. The number of hydrogen-bond donors (Lipinski definition) is 3. The highest BCUT2D eigenvalue weighted by atomic mass is 19.1. The number of aliphatic hydroxyl groups excluding tert-OH is 2. The molecule has 4 N–H and O–H groups in total. The molecule has 0 aliphatic carbocycles. The van der Waals surface area contributed by atoms with E-state index in [1.54, 1.807) is 0 Å². The zero-order chi connectivity index (χ0) is 18.8. The molecule has 1 saturated heterocycles. The van der Waals surface area contributed by atoms with Crippen molar-refractivity contribution in [2.75, 3.05) is 12.3 Å². The first kappa shape index (κ1) is 18.0. The van der Waals surface area contributed by atoms with Crippen molar-refractivity contribution in [3.63, 3.8) is 0 Å². The number of carbonyl (C=O) groups is 1. The molecule has 1 fully saturated rings. The lowest BCUT2D eigenvalue weighted by Crippen LogP contribution is -2.36. The lowest BCUT2D eigenvalue weighted by atomic mass is 10.1. The van der Waals surface area contributed by atoms with Crippen LogP contribution in [0.3, 0.4) is 0 Å². The molecule has 1 aliphatic rings. The maximum Gasteiger partial charge on any atom is 0.351 e. The molecule has 1 aromatic heterocycles. The van der Waals surface area contributed by atoms with Gasteiger partial charge in [0.05, 0.1) is 5.56 Å². The molecule has 26 heavy (non-hydrogen) atoms. The summed E-state index contributed by atoms with van der Waals surface area (Å²) in [6, 6.07) is 6.06. The predicted molar refractivity (Wildman–Crippen MR) is 85.5 cm³/mol. The van der Waals surface area contributed by atoms with E-state index in [0.29, 0.717) is 0 Å². The van der Waals surface area contributed by atoms with Gasteiger partial charge in [-0.15, -0.1) is 0 Å². The first-order chi connectivity index (χ1) is 12.4. The van der Waals surface area contributed by atoms with Crippen molar-refractivity contribution in [3.05, 3.63) is 58.4 Å². The number of hydrogen-bond acceptors (Lipinski definition) is 8. The number of nitrogens with two attached hydrogens (primary N) is 1. The van der Waals surface area contributed by atoms with Crippen LogP contribution >= 0.6 is 0 Å². The fraction of sp³-hybridized carbons (Fsp3) is 0.312. The third kappa shape index (κ3) is 3.57. The minimum absolute atomic E-state index is 0.00376. The highest BCUT2D eigenvalue weighted by Gasteiger charge is 2.44. The molecular weight excluding hydrogens is 349 g/mol. The Bertz CT molecular complexity index is 856. The summed E-state index contributed by atoms with van der Waals surface area (Å²) < 4.78 is 24.3. The normalized spacial score (nSPS) is 25.2. The molecule has 0 radical (unpaired) electrons. The molecule has 0 spiro atoms. The first-order valence-corrected chi connectivity index (χ1v) is 7.66. The second-order valence-corrected chi connectivity index (χ2v) is 5.69. The summed E-state index contributed by atoms with van der Waals surface area (Å²) in [5, 5.41) is 20.2. The number of nitrogen functional groups attached to an aromatic ring is 1. The molecule has 9 nitrogen and oxygen atoms in total. The van der Waals surface area contributed by atoms with Crippen LogP contribution in [-0.4, -0.2) is 50.7 Å². The maximum absolute atomic E-state index is 12.9. The Hall–Kier alpha value is -2.82. The number of halogens is 1. The molecule has 1 aliphatic heterocycles. The summed E-state index contributed by atoms with van der Waals surface area (Å²) in [6.45, 7) is -0.373. The fourth-order valence-electron chi connectivity index (χ4n) is 2.54. The van der Waals surface area contributed by atoms with E-state index in [1.807, 2.05) is 0 Å². The van der Waals surface area contributed by atoms with Crippen LogP contribution < -0.4 is 11.4 Å². The van der Waals surface area contributed by atoms with Crippen molar-refractivity contribution in [1.29, 1.82) is 0 Å². The van der Waals surface area contributed by atoms with Crippen LogP contribution in [-0.2, 0) is 9.47 Å². The number of carbonyl (C=O) groups excluding carboxylic acids is 1. The smallest absolute Gasteiger partial charge is 0.351 e.